The maximum atomic E-state index is 11.4. The van der Waals surface area contributed by atoms with Crippen molar-refractivity contribution < 1.29 is 39.9 Å². The first-order valence-corrected chi connectivity index (χ1v) is 6.15. The van der Waals surface area contributed by atoms with Gasteiger partial charge in [0.25, 0.3) is 0 Å². The van der Waals surface area contributed by atoms with E-state index in [1.807, 2.05) is 0 Å². The van der Waals surface area contributed by atoms with Crippen molar-refractivity contribution in [1.29, 1.82) is 0 Å². The summed E-state index contributed by atoms with van der Waals surface area (Å²) in [7, 11) is 0. The number of hydrogen-bond acceptors (Lipinski definition) is 7. The predicted octanol–water partition coefficient (Wildman–Crippen LogP) is -0.149. The molecule has 1 aromatic carbocycles. The standard InChI is InChI=1S/C14H16O8/c1-14(21,13(19)20)11(17)7-22-12(18)5-3-8-2-4-9(15)10(16)6-8/h2-6,11,15-17,21H,7H2,1H3,(H,19,20)/b5-3+/t11-,14+/m1/s1. The van der Waals surface area contributed by atoms with Crippen molar-refractivity contribution in [2.45, 2.75) is 18.6 Å². The Kier molecular flexibility index (Phi) is 5.50. The lowest BCUT2D eigenvalue weighted by atomic mass is 10.0. The average Bonchev–Trinajstić information content (AvgIpc) is 2.45. The Morgan fingerprint density at radius 3 is 2.50 bits per heavy atom. The number of aliphatic hydroxyl groups is 2. The number of aliphatic hydroxyl groups excluding tert-OH is 1. The van der Waals surface area contributed by atoms with Gasteiger partial charge in [0, 0.05) is 6.08 Å². The second-order valence-corrected chi connectivity index (χ2v) is 4.68. The molecule has 0 heterocycles. The number of carbonyl (C=O) groups is 2. The van der Waals surface area contributed by atoms with Crippen molar-refractivity contribution in [2.75, 3.05) is 6.61 Å². The molecule has 0 bridgehead atoms. The van der Waals surface area contributed by atoms with E-state index in [1.54, 1.807) is 0 Å². The van der Waals surface area contributed by atoms with Gasteiger partial charge >= 0.3 is 11.9 Å². The van der Waals surface area contributed by atoms with Crippen LogP contribution in [0, 0.1) is 0 Å². The first kappa shape index (κ1) is 17.5. The zero-order valence-electron chi connectivity index (χ0n) is 11.6. The van der Waals surface area contributed by atoms with Crippen LogP contribution in [-0.2, 0) is 14.3 Å². The predicted molar refractivity (Wildman–Crippen MR) is 74.0 cm³/mol. The molecule has 0 fully saturated rings. The lowest BCUT2D eigenvalue weighted by molar-refractivity contribution is -0.175. The van der Waals surface area contributed by atoms with Crippen LogP contribution in [0.3, 0.4) is 0 Å². The zero-order valence-corrected chi connectivity index (χ0v) is 11.6. The molecular formula is C14H16O8. The molecule has 5 N–H and O–H groups in total. The van der Waals surface area contributed by atoms with Crippen molar-refractivity contribution in [3.05, 3.63) is 29.8 Å². The topological polar surface area (TPSA) is 145 Å². The van der Waals surface area contributed by atoms with Crippen LogP contribution < -0.4 is 0 Å². The van der Waals surface area contributed by atoms with Gasteiger partial charge in [0.05, 0.1) is 0 Å². The minimum absolute atomic E-state index is 0.307. The van der Waals surface area contributed by atoms with Crippen molar-refractivity contribution in [3.8, 4) is 11.5 Å². The summed E-state index contributed by atoms with van der Waals surface area (Å²) in [6.45, 7) is 0.173. The quantitative estimate of drug-likeness (QED) is 0.277. The van der Waals surface area contributed by atoms with Crippen molar-refractivity contribution in [2.24, 2.45) is 0 Å². The van der Waals surface area contributed by atoms with E-state index in [0.29, 0.717) is 5.56 Å². The Morgan fingerprint density at radius 2 is 1.95 bits per heavy atom. The van der Waals surface area contributed by atoms with Gasteiger partial charge in [-0.2, -0.15) is 0 Å². The summed E-state index contributed by atoms with van der Waals surface area (Å²) < 4.78 is 4.61. The largest absolute Gasteiger partial charge is 0.504 e. The number of phenols is 2. The van der Waals surface area contributed by atoms with Gasteiger partial charge in [-0.15, -0.1) is 0 Å². The molecule has 0 unspecified atom stereocenters. The molecule has 0 spiro atoms. The van der Waals surface area contributed by atoms with Crippen LogP contribution in [0.4, 0.5) is 0 Å². The summed E-state index contributed by atoms with van der Waals surface area (Å²) in [6, 6.07) is 3.88. The van der Waals surface area contributed by atoms with Crippen molar-refractivity contribution in [3.63, 3.8) is 0 Å². The Balaban J connectivity index is 2.58. The van der Waals surface area contributed by atoms with Crippen LogP contribution in [0.2, 0.25) is 0 Å². The number of aromatic hydroxyl groups is 2. The SMILES string of the molecule is C[C@@](O)(C(=O)O)[C@H](O)COC(=O)/C=C/c1ccc(O)c(O)c1. The third-order valence-corrected chi connectivity index (χ3v) is 2.88. The van der Waals surface area contributed by atoms with E-state index < -0.39 is 30.3 Å². The summed E-state index contributed by atoms with van der Waals surface area (Å²) in [5, 5.41) is 45.9. The number of esters is 1. The smallest absolute Gasteiger partial charge is 0.338 e. The second-order valence-electron chi connectivity index (χ2n) is 4.68. The summed E-state index contributed by atoms with van der Waals surface area (Å²) in [4.78, 5) is 22.1. The van der Waals surface area contributed by atoms with Gasteiger partial charge in [0.2, 0.25) is 0 Å². The third kappa shape index (κ3) is 4.47. The van der Waals surface area contributed by atoms with Crippen molar-refractivity contribution >= 4 is 18.0 Å². The van der Waals surface area contributed by atoms with Gasteiger partial charge in [-0.1, -0.05) is 6.07 Å². The maximum Gasteiger partial charge on any atom is 0.338 e. The monoisotopic (exact) mass is 312 g/mol. The van der Waals surface area contributed by atoms with Gasteiger partial charge in [-0.3, -0.25) is 0 Å². The van der Waals surface area contributed by atoms with E-state index in [-0.39, 0.29) is 11.5 Å². The summed E-state index contributed by atoms with van der Waals surface area (Å²) >= 11 is 0. The fourth-order valence-corrected chi connectivity index (χ4v) is 1.32. The fourth-order valence-electron chi connectivity index (χ4n) is 1.32. The molecule has 0 saturated heterocycles. The molecule has 8 nitrogen and oxygen atoms in total. The zero-order chi connectivity index (χ0) is 16.9. The highest BCUT2D eigenvalue weighted by atomic mass is 16.5. The number of carbonyl (C=O) groups excluding carboxylic acids is 1. The minimum atomic E-state index is -2.44. The van der Waals surface area contributed by atoms with E-state index in [0.717, 1.165) is 13.0 Å². The Labute approximate surface area is 125 Å². The first-order valence-electron chi connectivity index (χ1n) is 6.15. The van der Waals surface area contributed by atoms with Crippen LogP contribution >= 0.6 is 0 Å². The number of hydrogen-bond donors (Lipinski definition) is 5. The molecule has 0 aliphatic carbocycles. The van der Waals surface area contributed by atoms with Crippen LogP contribution in [-0.4, -0.2) is 55.8 Å². The lowest BCUT2D eigenvalue weighted by Gasteiger charge is -2.23. The highest BCUT2D eigenvalue weighted by Crippen LogP contribution is 2.25. The van der Waals surface area contributed by atoms with Gasteiger partial charge in [0.15, 0.2) is 17.1 Å². The highest BCUT2D eigenvalue weighted by Gasteiger charge is 2.39. The Hall–Kier alpha value is -2.58. The van der Waals surface area contributed by atoms with Gasteiger partial charge in [-0.05, 0) is 30.7 Å². The Morgan fingerprint density at radius 1 is 1.32 bits per heavy atom. The van der Waals surface area contributed by atoms with E-state index in [2.05, 4.69) is 4.74 Å². The van der Waals surface area contributed by atoms with E-state index in [9.17, 15) is 24.9 Å². The van der Waals surface area contributed by atoms with Crippen LogP contribution in [0.1, 0.15) is 12.5 Å². The van der Waals surface area contributed by atoms with Gasteiger partial charge in [0.1, 0.15) is 12.7 Å². The second kappa shape index (κ2) is 6.92. The number of carboxylic acids is 1. The molecular weight excluding hydrogens is 296 g/mol. The molecule has 22 heavy (non-hydrogen) atoms. The number of rotatable bonds is 6. The Bertz CT molecular complexity index is 591. The van der Waals surface area contributed by atoms with Crippen LogP contribution in [0.15, 0.2) is 24.3 Å². The molecule has 0 aliphatic heterocycles. The first-order chi connectivity index (χ1) is 10.1. The molecule has 1 rings (SSSR count). The summed E-state index contributed by atoms with van der Waals surface area (Å²) in [6.07, 6.45) is 0.470. The molecule has 0 amide bonds. The molecule has 1 aromatic rings. The molecule has 0 radical (unpaired) electrons. The normalized spacial score (nSPS) is 15.2. The molecule has 8 heteroatoms. The highest BCUT2D eigenvalue weighted by molar-refractivity contribution is 5.87. The van der Waals surface area contributed by atoms with Gasteiger partial charge in [-0.25, -0.2) is 9.59 Å². The number of ether oxygens (including phenoxy) is 1. The van der Waals surface area contributed by atoms with Crippen LogP contribution in [0.25, 0.3) is 6.08 Å². The molecule has 0 aromatic heterocycles. The summed E-state index contributed by atoms with van der Waals surface area (Å²) in [5.74, 6) is -3.19. The maximum absolute atomic E-state index is 11.4. The average molecular weight is 312 g/mol. The molecule has 0 saturated carbocycles. The fraction of sp³-hybridized carbons (Fsp3) is 0.286. The van der Waals surface area contributed by atoms with E-state index in [4.69, 9.17) is 10.2 Å². The van der Waals surface area contributed by atoms with Crippen molar-refractivity contribution in [1.82, 2.24) is 0 Å². The number of benzene rings is 1. The van der Waals surface area contributed by atoms with E-state index in [1.165, 1.54) is 24.3 Å². The number of carboxylic acid groups (broad SMARTS) is 1. The van der Waals surface area contributed by atoms with Crippen LogP contribution in [0.5, 0.6) is 11.5 Å². The molecule has 120 valence electrons. The van der Waals surface area contributed by atoms with Gasteiger partial charge < -0.3 is 30.3 Å². The lowest BCUT2D eigenvalue weighted by Crippen LogP contribution is -2.49. The number of phenolic OH excluding ortho intramolecular Hbond substituents is 2. The molecule has 0 aliphatic rings. The number of aliphatic carboxylic acids is 1. The summed E-state index contributed by atoms with van der Waals surface area (Å²) in [5.41, 5.74) is -2.03. The minimum Gasteiger partial charge on any atom is -0.504 e. The third-order valence-electron chi connectivity index (χ3n) is 2.88. The van der Waals surface area contributed by atoms with E-state index >= 15 is 0 Å². The molecule has 2 atom stereocenters.